The first-order valence-electron chi connectivity index (χ1n) is 9.82. The molecule has 0 radical (unpaired) electrons. The minimum Gasteiger partial charge on any atom is -0.292 e. The van der Waals surface area contributed by atoms with Gasteiger partial charge in [-0.15, -0.1) is 0 Å². The Morgan fingerprint density at radius 1 is 0.970 bits per heavy atom. The molecule has 0 aliphatic carbocycles. The summed E-state index contributed by atoms with van der Waals surface area (Å²) >= 11 is 0. The van der Waals surface area contributed by atoms with E-state index in [1.807, 2.05) is 0 Å². The van der Waals surface area contributed by atoms with E-state index in [1.165, 1.54) is 42.4 Å². The zero-order valence-corrected chi connectivity index (χ0v) is 18.0. The zero-order chi connectivity index (χ0) is 24.2. The summed E-state index contributed by atoms with van der Waals surface area (Å²) in [7, 11) is -2.14. The minimum absolute atomic E-state index is 0.156. The second-order valence-corrected chi connectivity index (χ2v) is 10.2. The fourth-order valence-corrected chi connectivity index (χ4v) is 6.01. The first kappa shape index (κ1) is 23.3. The monoisotopic (exact) mass is 488 g/mol. The molecule has 2 aliphatic rings. The summed E-state index contributed by atoms with van der Waals surface area (Å²) in [5.41, 5.74) is -0.742. The van der Waals surface area contributed by atoms with Gasteiger partial charge in [0.2, 0.25) is 0 Å². The maximum atomic E-state index is 13.2. The third-order valence-corrected chi connectivity index (χ3v) is 7.27. The van der Waals surface area contributed by atoms with Gasteiger partial charge in [0, 0.05) is 13.0 Å². The Kier molecular flexibility index (Phi) is 5.58. The van der Waals surface area contributed by atoms with Crippen molar-refractivity contribution in [1.29, 1.82) is 0 Å². The van der Waals surface area contributed by atoms with E-state index in [2.05, 4.69) is 5.10 Å². The smallest absolute Gasteiger partial charge is 0.292 e. The molecule has 1 saturated heterocycles. The summed E-state index contributed by atoms with van der Waals surface area (Å²) in [6.07, 6.45) is -7.78. The molecule has 0 aromatic heterocycles. The van der Waals surface area contributed by atoms with Crippen molar-refractivity contribution in [2.24, 2.45) is 11.0 Å². The second kappa shape index (κ2) is 7.89. The molecule has 2 aliphatic heterocycles. The standard InChI is InChI=1S/C22H18F6N2O2S/c1-30-20(14-5-3-7-17(10-14)22(26,27)28)18-12-33(31,32)11-15(19(18)29-30)8-13-4-2-6-16(9-13)21(23,24)25/h2-10,18,20H,11-12H2,1H3/b15-8+. The summed E-state index contributed by atoms with van der Waals surface area (Å²) in [6, 6.07) is 8.32. The van der Waals surface area contributed by atoms with Crippen molar-refractivity contribution in [2.45, 2.75) is 18.4 Å². The molecular formula is C22H18F6N2O2S. The van der Waals surface area contributed by atoms with E-state index in [4.69, 9.17) is 0 Å². The molecular weight excluding hydrogens is 470 g/mol. The first-order chi connectivity index (χ1) is 15.2. The first-order valence-corrected chi connectivity index (χ1v) is 11.6. The molecule has 1 fully saturated rings. The molecule has 33 heavy (non-hydrogen) atoms. The number of sulfone groups is 1. The van der Waals surface area contributed by atoms with Crippen molar-refractivity contribution in [3.63, 3.8) is 0 Å². The lowest BCUT2D eigenvalue weighted by Gasteiger charge is -2.29. The summed E-state index contributed by atoms with van der Waals surface area (Å²) in [6.45, 7) is 0. The molecule has 2 heterocycles. The number of alkyl halides is 6. The van der Waals surface area contributed by atoms with Crippen molar-refractivity contribution >= 4 is 21.6 Å². The summed E-state index contributed by atoms with van der Waals surface area (Å²) in [5.74, 6) is -1.49. The van der Waals surface area contributed by atoms with Crippen LogP contribution in [-0.4, -0.2) is 37.7 Å². The summed E-state index contributed by atoms with van der Waals surface area (Å²) in [5, 5.41) is 5.80. The van der Waals surface area contributed by atoms with Gasteiger partial charge in [0.05, 0.1) is 34.4 Å². The molecule has 0 saturated carbocycles. The van der Waals surface area contributed by atoms with E-state index in [-0.39, 0.29) is 22.5 Å². The van der Waals surface area contributed by atoms with Crippen molar-refractivity contribution in [3.05, 3.63) is 76.4 Å². The zero-order valence-electron chi connectivity index (χ0n) is 17.2. The molecule has 2 aromatic rings. The Hall–Kier alpha value is -2.82. The Morgan fingerprint density at radius 3 is 2.21 bits per heavy atom. The maximum absolute atomic E-state index is 13.2. The lowest BCUT2D eigenvalue weighted by molar-refractivity contribution is -0.138. The lowest BCUT2D eigenvalue weighted by atomic mass is 9.87. The van der Waals surface area contributed by atoms with Crippen LogP contribution < -0.4 is 0 Å². The molecule has 0 N–H and O–H groups in total. The fraction of sp³-hybridized carbons (Fsp3) is 0.318. The number of nitrogens with zero attached hydrogens (tertiary/aromatic N) is 2. The van der Waals surface area contributed by atoms with E-state index in [1.54, 1.807) is 0 Å². The van der Waals surface area contributed by atoms with Gasteiger partial charge >= 0.3 is 12.4 Å². The van der Waals surface area contributed by atoms with Crippen molar-refractivity contribution in [2.75, 3.05) is 18.6 Å². The van der Waals surface area contributed by atoms with Crippen LogP contribution in [-0.2, 0) is 22.2 Å². The Balaban J connectivity index is 1.75. The Labute approximate surface area is 186 Å². The molecule has 4 rings (SSSR count). The van der Waals surface area contributed by atoms with Gasteiger partial charge in [-0.25, -0.2) is 8.42 Å². The van der Waals surface area contributed by atoms with Gasteiger partial charge in [0.15, 0.2) is 9.84 Å². The highest BCUT2D eigenvalue weighted by Gasteiger charge is 2.45. The number of benzene rings is 2. The van der Waals surface area contributed by atoms with E-state index in [0.717, 1.165) is 24.3 Å². The van der Waals surface area contributed by atoms with Gasteiger partial charge in [-0.1, -0.05) is 24.3 Å². The third kappa shape index (κ3) is 4.78. The summed E-state index contributed by atoms with van der Waals surface area (Å²) in [4.78, 5) is 0. The van der Waals surface area contributed by atoms with Crippen LogP contribution in [0.1, 0.15) is 28.3 Å². The van der Waals surface area contributed by atoms with Crippen LogP contribution in [0.25, 0.3) is 6.08 Å². The van der Waals surface area contributed by atoms with Crippen LogP contribution >= 0.6 is 0 Å². The maximum Gasteiger partial charge on any atom is 0.416 e. The molecule has 0 spiro atoms. The van der Waals surface area contributed by atoms with Gasteiger partial charge in [-0.05, 0) is 47.0 Å². The average Bonchev–Trinajstić information content (AvgIpc) is 3.02. The largest absolute Gasteiger partial charge is 0.416 e. The predicted molar refractivity (Wildman–Crippen MR) is 111 cm³/mol. The lowest BCUT2D eigenvalue weighted by Crippen LogP contribution is -2.37. The van der Waals surface area contributed by atoms with Crippen molar-refractivity contribution in [1.82, 2.24) is 5.01 Å². The number of hydrazone groups is 1. The highest BCUT2D eigenvalue weighted by Crippen LogP contribution is 2.42. The highest BCUT2D eigenvalue weighted by molar-refractivity contribution is 7.91. The molecule has 2 atom stereocenters. The van der Waals surface area contributed by atoms with Crippen LogP contribution in [0.4, 0.5) is 26.3 Å². The predicted octanol–water partition coefficient (Wildman–Crippen LogP) is 5.19. The van der Waals surface area contributed by atoms with Crippen molar-refractivity contribution < 1.29 is 34.8 Å². The van der Waals surface area contributed by atoms with Crippen LogP contribution in [0.5, 0.6) is 0 Å². The van der Waals surface area contributed by atoms with Gasteiger partial charge in [0.1, 0.15) is 0 Å². The number of fused-ring (bicyclic) bond motifs is 1. The third-order valence-electron chi connectivity index (χ3n) is 5.65. The SMILES string of the molecule is CN1N=C2/C(=C/c3cccc(C(F)(F)F)c3)CS(=O)(=O)CC2C1c1cccc(C(F)(F)F)c1. The van der Waals surface area contributed by atoms with Crippen LogP contribution in [0, 0.1) is 5.92 Å². The normalized spacial score (nSPS) is 24.0. The number of halogens is 6. The molecule has 2 aromatic carbocycles. The topological polar surface area (TPSA) is 49.7 Å². The van der Waals surface area contributed by atoms with Gasteiger partial charge < -0.3 is 0 Å². The van der Waals surface area contributed by atoms with Crippen LogP contribution in [0.15, 0.2) is 59.2 Å². The highest BCUT2D eigenvalue weighted by atomic mass is 32.2. The molecule has 2 unspecified atom stereocenters. The van der Waals surface area contributed by atoms with Gasteiger partial charge in [-0.3, -0.25) is 5.01 Å². The quantitative estimate of drug-likeness (QED) is 0.547. The van der Waals surface area contributed by atoms with Gasteiger partial charge in [-0.2, -0.15) is 31.4 Å². The Bertz CT molecular complexity index is 1250. The van der Waals surface area contributed by atoms with Gasteiger partial charge in [0.25, 0.3) is 0 Å². The molecule has 176 valence electrons. The number of hydrogen-bond acceptors (Lipinski definition) is 4. The number of rotatable bonds is 2. The van der Waals surface area contributed by atoms with Crippen molar-refractivity contribution in [3.8, 4) is 0 Å². The number of hydrogen-bond donors (Lipinski definition) is 0. The molecule has 0 bridgehead atoms. The molecule has 0 amide bonds. The minimum atomic E-state index is -4.57. The van der Waals surface area contributed by atoms with E-state index >= 15 is 0 Å². The second-order valence-electron chi connectivity index (χ2n) is 8.08. The van der Waals surface area contributed by atoms with E-state index in [0.29, 0.717) is 5.71 Å². The average molecular weight is 488 g/mol. The molecule has 11 heteroatoms. The Morgan fingerprint density at radius 2 is 1.58 bits per heavy atom. The fourth-order valence-electron chi connectivity index (χ4n) is 4.30. The van der Waals surface area contributed by atoms with Crippen LogP contribution in [0.3, 0.4) is 0 Å². The van der Waals surface area contributed by atoms with Crippen LogP contribution in [0.2, 0.25) is 0 Å². The van der Waals surface area contributed by atoms with E-state index in [9.17, 15) is 34.8 Å². The summed E-state index contributed by atoms with van der Waals surface area (Å²) < 4.78 is 104. The molecule has 4 nitrogen and oxygen atoms in total. The van der Waals surface area contributed by atoms with E-state index < -0.39 is 51.0 Å².